The molecule has 0 radical (unpaired) electrons. The van der Waals surface area contributed by atoms with Crippen molar-refractivity contribution in [3.63, 3.8) is 0 Å². The van der Waals surface area contributed by atoms with E-state index in [1.165, 1.54) is 25.7 Å². The van der Waals surface area contributed by atoms with Crippen LogP contribution in [0.1, 0.15) is 43.5 Å². The monoisotopic (exact) mass is 351 g/mol. The molecule has 0 spiro atoms. The summed E-state index contributed by atoms with van der Waals surface area (Å²) in [5, 5.41) is 9.55. The molecular weight excluding hydrogens is 329 g/mol. The molecule has 1 amide bonds. The minimum absolute atomic E-state index is 0. The zero-order valence-corrected chi connectivity index (χ0v) is 14.4. The number of amides is 1. The molecule has 7 heteroatoms. The zero-order valence-electron chi connectivity index (χ0n) is 12.0. The van der Waals surface area contributed by atoms with Crippen LogP contribution in [0.5, 0.6) is 0 Å². The van der Waals surface area contributed by atoms with Gasteiger partial charge in [-0.1, -0.05) is 12.8 Å². The highest BCUT2D eigenvalue weighted by Crippen LogP contribution is 2.39. The van der Waals surface area contributed by atoms with E-state index in [4.69, 9.17) is 0 Å². The molecule has 1 aromatic rings. The summed E-state index contributed by atoms with van der Waals surface area (Å²) in [7, 11) is 0. The zero-order chi connectivity index (χ0) is 13.1. The minimum Gasteiger partial charge on any atom is -0.343 e. The minimum atomic E-state index is -0.188. The summed E-state index contributed by atoms with van der Waals surface area (Å²) in [5.74, 6) is 0.921. The molecule has 3 rings (SSSR count). The molecule has 2 fully saturated rings. The molecule has 21 heavy (non-hydrogen) atoms. The van der Waals surface area contributed by atoms with Gasteiger partial charge < -0.3 is 10.6 Å². The molecule has 2 N–H and O–H groups in total. The number of hydrogen-bond acceptors (Lipinski definition) is 4. The highest BCUT2D eigenvalue weighted by Gasteiger charge is 2.39. The van der Waals surface area contributed by atoms with Crippen molar-refractivity contribution in [2.75, 3.05) is 13.1 Å². The summed E-state index contributed by atoms with van der Waals surface area (Å²) in [5.41, 5.74) is -0.188. The van der Waals surface area contributed by atoms with Crippen LogP contribution >= 0.6 is 36.2 Å². The lowest BCUT2D eigenvalue weighted by molar-refractivity contribution is -0.122. The molecule has 0 aliphatic heterocycles. The Labute approximate surface area is 142 Å². The van der Waals surface area contributed by atoms with Crippen molar-refractivity contribution >= 4 is 42.1 Å². The molecule has 0 bridgehead atoms. The van der Waals surface area contributed by atoms with Gasteiger partial charge in [-0.15, -0.1) is 36.2 Å². The standard InChI is InChI=1S/C14H21N3OS.2ClH/c18-12(10-15-9-11-3-4-11)17-14(5-1-2-6-14)13-16-7-8-19-13;;/h7-8,11,15H,1-6,9-10H2,(H,17,18);2*1H. The smallest absolute Gasteiger partial charge is 0.234 e. The van der Waals surface area contributed by atoms with Crippen molar-refractivity contribution in [1.29, 1.82) is 0 Å². The van der Waals surface area contributed by atoms with Crippen LogP contribution in [-0.4, -0.2) is 24.0 Å². The first-order chi connectivity index (χ1) is 9.28. The molecule has 0 saturated heterocycles. The van der Waals surface area contributed by atoms with Gasteiger partial charge in [-0.2, -0.15) is 0 Å². The van der Waals surface area contributed by atoms with Crippen LogP contribution in [0.25, 0.3) is 0 Å². The molecule has 1 heterocycles. The largest absolute Gasteiger partial charge is 0.343 e. The fourth-order valence-electron chi connectivity index (χ4n) is 2.85. The molecule has 4 nitrogen and oxygen atoms in total. The van der Waals surface area contributed by atoms with E-state index in [0.717, 1.165) is 30.3 Å². The van der Waals surface area contributed by atoms with Crippen molar-refractivity contribution in [3.8, 4) is 0 Å². The Bertz CT molecular complexity index is 431. The number of nitrogens with zero attached hydrogens (tertiary/aromatic N) is 1. The number of thiazole rings is 1. The van der Waals surface area contributed by atoms with Crippen molar-refractivity contribution < 1.29 is 4.79 Å². The lowest BCUT2D eigenvalue weighted by Gasteiger charge is -2.28. The number of hydrogen-bond donors (Lipinski definition) is 2. The van der Waals surface area contributed by atoms with Gasteiger partial charge in [-0.25, -0.2) is 4.98 Å². The maximum atomic E-state index is 12.1. The SMILES string of the molecule is Cl.Cl.O=C(CNCC1CC1)NC1(c2nccs2)CCCC1. The first-order valence-electron chi connectivity index (χ1n) is 7.20. The number of carbonyl (C=O) groups excluding carboxylic acids is 1. The third-order valence-corrected chi connectivity index (χ3v) is 5.07. The average Bonchev–Trinajstić information content (AvgIpc) is 2.91. The number of nitrogens with one attached hydrogen (secondary N) is 2. The molecule has 0 aromatic carbocycles. The van der Waals surface area contributed by atoms with Crippen LogP contribution in [0.4, 0.5) is 0 Å². The second kappa shape index (κ2) is 8.32. The van der Waals surface area contributed by atoms with Crippen molar-refractivity contribution in [2.45, 2.75) is 44.1 Å². The van der Waals surface area contributed by atoms with Crippen molar-refractivity contribution in [3.05, 3.63) is 16.6 Å². The van der Waals surface area contributed by atoms with E-state index in [2.05, 4.69) is 15.6 Å². The summed E-state index contributed by atoms with van der Waals surface area (Å²) in [6.07, 6.45) is 8.86. The molecule has 120 valence electrons. The van der Waals surface area contributed by atoms with Crippen LogP contribution < -0.4 is 10.6 Å². The van der Waals surface area contributed by atoms with Gasteiger partial charge in [0.15, 0.2) is 0 Å². The van der Waals surface area contributed by atoms with E-state index in [1.54, 1.807) is 11.3 Å². The second-order valence-electron chi connectivity index (χ2n) is 5.75. The Morgan fingerprint density at radius 2 is 2.05 bits per heavy atom. The molecule has 0 atom stereocenters. The van der Waals surface area contributed by atoms with Crippen molar-refractivity contribution in [1.82, 2.24) is 15.6 Å². The number of rotatable bonds is 6. The quantitative estimate of drug-likeness (QED) is 0.828. The number of aromatic nitrogens is 1. The van der Waals surface area contributed by atoms with E-state index >= 15 is 0 Å². The maximum Gasteiger partial charge on any atom is 0.234 e. The normalized spacial score (nSPS) is 19.4. The van der Waals surface area contributed by atoms with E-state index in [0.29, 0.717) is 6.54 Å². The van der Waals surface area contributed by atoms with Gasteiger partial charge >= 0.3 is 0 Å². The highest BCUT2D eigenvalue weighted by molar-refractivity contribution is 7.09. The third-order valence-electron chi connectivity index (χ3n) is 4.09. The molecule has 2 saturated carbocycles. The van der Waals surface area contributed by atoms with Gasteiger partial charge in [-0.05, 0) is 38.1 Å². The molecular formula is C14H23Cl2N3OS. The first-order valence-corrected chi connectivity index (χ1v) is 8.08. The van der Waals surface area contributed by atoms with E-state index in [-0.39, 0.29) is 36.3 Å². The maximum absolute atomic E-state index is 12.1. The van der Waals surface area contributed by atoms with Gasteiger partial charge in [0, 0.05) is 11.6 Å². The number of carbonyl (C=O) groups is 1. The summed E-state index contributed by atoms with van der Waals surface area (Å²) in [6, 6.07) is 0. The molecule has 1 aromatic heterocycles. The fourth-order valence-corrected chi connectivity index (χ4v) is 3.71. The van der Waals surface area contributed by atoms with E-state index in [1.807, 2.05) is 11.6 Å². The van der Waals surface area contributed by atoms with Gasteiger partial charge in [0.25, 0.3) is 0 Å². The van der Waals surface area contributed by atoms with Crippen LogP contribution in [0.15, 0.2) is 11.6 Å². The average molecular weight is 352 g/mol. The van der Waals surface area contributed by atoms with Crippen molar-refractivity contribution in [2.24, 2.45) is 5.92 Å². The lowest BCUT2D eigenvalue weighted by Crippen LogP contribution is -2.47. The summed E-state index contributed by atoms with van der Waals surface area (Å²) in [4.78, 5) is 16.5. The van der Waals surface area contributed by atoms with Crippen LogP contribution in [0, 0.1) is 5.92 Å². The summed E-state index contributed by atoms with van der Waals surface area (Å²) >= 11 is 1.65. The van der Waals surface area contributed by atoms with Gasteiger partial charge in [0.2, 0.25) is 5.91 Å². The summed E-state index contributed by atoms with van der Waals surface area (Å²) in [6.45, 7) is 1.42. The Morgan fingerprint density at radius 1 is 1.33 bits per heavy atom. The van der Waals surface area contributed by atoms with Crippen LogP contribution in [0.2, 0.25) is 0 Å². The Hall–Kier alpha value is -0.360. The van der Waals surface area contributed by atoms with Gasteiger partial charge in [-0.3, -0.25) is 4.79 Å². The third kappa shape index (κ3) is 4.81. The first kappa shape index (κ1) is 18.7. The summed E-state index contributed by atoms with van der Waals surface area (Å²) < 4.78 is 0. The van der Waals surface area contributed by atoms with Crippen LogP contribution in [0.3, 0.4) is 0 Å². The van der Waals surface area contributed by atoms with Gasteiger partial charge in [0.1, 0.15) is 5.01 Å². The number of halogens is 2. The van der Waals surface area contributed by atoms with Gasteiger partial charge in [0.05, 0.1) is 12.1 Å². The molecule has 2 aliphatic rings. The Morgan fingerprint density at radius 3 is 2.62 bits per heavy atom. The molecule has 0 unspecified atom stereocenters. The predicted molar refractivity (Wildman–Crippen MR) is 90.5 cm³/mol. The fraction of sp³-hybridized carbons (Fsp3) is 0.714. The molecule has 2 aliphatic carbocycles. The Kier molecular flexibility index (Phi) is 7.40. The van der Waals surface area contributed by atoms with E-state index in [9.17, 15) is 4.79 Å². The van der Waals surface area contributed by atoms with E-state index < -0.39 is 0 Å². The van der Waals surface area contributed by atoms with Crippen LogP contribution in [-0.2, 0) is 10.3 Å². The second-order valence-corrected chi connectivity index (χ2v) is 6.64. The topological polar surface area (TPSA) is 54.0 Å². The lowest BCUT2D eigenvalue weighted by atomic mass is 9.98. The Balaban J connectivity index is 0.00000110. The highest BCUT2D eigenvalue weighted by atomic mass is 35.5. The predicted octanol–water partition coefficient (Wildman–Crippen LogP) is 2.87.